The fourth-order valence-corrected chi connectivity index (χ4v) is 4.58. The van der Waals surface area contributed by atoms with E-state index in [0.29, 0.717) is 12.0 Å². The molecule has 2 unspecified atom stereocenters. The molecule has 5 heteroatoms. The van der Waals surface area contributed by atoms with E-state index in [1.165, 1.54) is 36.4 Å². The van der Waals surface area contributed by atoms with E-state index in [9.17, 15) is 4.79 Å². The van der Waals surface area contributed by atoms with Crippen molar-refractivity contribution in [3.63, 3.8) is 0 Å². The van der Waals surface area contributed by atoms with Crippen LogP contribution in [0.3, 0.4) is 0 Å². The van der Waals surface area contributed by atoms with Crippen LogP contribution in [0.2, 0.25) is 0 Å². The quantitative estimate of drug-likeness (QED) is 0.930. The molecule has 0 aromatic carbocycles. The molecule has 2 aliphatic rings. The summed E-state index contributed by atoms with van der Waals surface area (Å²) in [6.45, 7) is 3.88. The van der Waals surface area contributed by atoms with Crippen molar-refractivity contribution in [3.05, 3.63) is 16.1 Å². The number of nitrogens with zero attached hydrogens (tertiary/aromatic N) is 2. The molecule has 1 amide bonds. The highest BCUT2D eigenvalue weighted by atomic mass is 32.1. The molecule has 21 heavy (non-hydrogen) atoms. The Hall–Kier alpha value is -0.940. The van der Waals surface area contributed by atoms with Crippen LogP contribution >= 0.6 is 11.3 Å². The highest BCUT2D eigenvalue weighted by Crippen LogP contribution is 2.36. The highest BCUT2D eigenvalue weighted by Gasteiger charge is 2.29. The number of likely N-dealkylation sites (tertiary alicyclic amines) is 1. The zero-order chi connectivity index (χ0) is 14.8. The summed E-state index contributed by atoms with van der Waals surface area (Å²) in [6, 6.07) is 0.511. The number of carbonyl (C=O) groups excluding carboxylic acids is 1. The standard InChI is InChI=1S/C16H25N3OS/c1-11-6-7-13(15(17)20)8-19(11)9-14-10-21-16(18-14)12-4-2-3-5-12/h10-13H,2-9H2,1H3,(H2,17,20). The predicted molar refractivity (Wildman–Crippen MR) is 85.1 cm³/mol. The van der Waals surface area contributed by atoms with Crippen LogP contribution in [-0.4, -0.2) is 28.4 Å². The van der Waals surface area contributed by atoms with E-state index in [1.807, 2.05) is 11.3 Å². The molecule has 4 nitrogen and oxygen atoms in total. The van der Waals surface area contributed by atoms with E-state index in [-0.39, 0.29) is 11.8 Å². The van der Waals surface area contributed by atoms with Crippen molar-refractivity contribution in [2.45, 2.75) is 64.0 Å². The van der Waals surface area contributed by atoms with E-state index in [4.69, 9.17) is 10.7 Å². The third-order valence-corrected chi connectivity index (χ3v) is 6.11. The van der Waals surface area contributed by atoms with Gasteiger partial charge in [-0.05, 0) is 32.6 Å². The van der Waals surface area contributed by atoms with E-state index < -0.39 is 0 Å². The Kier molecular flexibility index (Phi) is 4.60. The molecule has 2 fully saturated rings. The van der Waals surface area contributed by atoms with Gasteiger partial charge in [-0.2, -0.15) is 0 Å². The van der Waals surface area contributed by atoms with Gasteiger partial charge < -0.3 is 5.73 Å². The lowest BCUT2D eigenvalue weighted by atomic mass is 9.93. The van der Waals surface area contributed by atoms with Gasteiger partial charge in [0.25, 0.3) is 0 Å². The number of nitrogens with two attached hydrogens (primary N) is 1. The molecule has 2 heterocycles. The minimum absolute atomic E-state index is 0.00846. The SMILES string of the molecule is CC1CCC(C(N)=O)CN1Cc1csc(C2CCCC2)n1. The van der Waals surface area contributed by atoms with E-state index in [1.54, 1.807) is 0 Å². The molecule has 1 aromatic rings. The largest absolute Gasteiger partial charge is 0.369 e. The molecule has 2 N–H and O–H groups in total. The van der Waals surface area contributed by atoms with Gasteiger partial charge in [-0.25, -0.2) is 4.98 Å². The predicted octanol–water partition coefficient (Wildman–Crippen LogP) is 2.89. The van der Waals surface area contributed by atoms with Crippen LogP contribution in [0.1, 0.15) is 62.1 Å². The topological polar surface area (TPSA) is 59.2 Å². The number of primary amides is 1. The Morgan fingerprint density at radius 2 is 2.14 bits per heavy atom. The summed E-state index contributed by atoms with van der Waals surface area (Å²) < 4.78 is 0. The second-order valence-corrected chi connectivity index (χ2v) is 7.50. The maximum Gasteiger partial charge on any atom is 0.221 e. The van der Waals surface area contributed by atoms with Gasteiger partial charge in [0.2, 0.25) is 5.91 Å². The van der Waals surface area contributed by atoms with E-state index in [0.717, 1.165) is 25.9 Å². The zero-order valence-corrected chi connectivity index (χ0v) is 13.6. The third kappa shape index (κ3) is 3.46. The first-order valence-corrected chi connectivity index (χ1v) is 8.99. The minimum Gasteiger partial charge on any atom is -0.369 e. The molecular weight excluding hydrogens is 282 g/mol. The van der Waals surface area contributed by atoms with Crippen LogP contribution in [0.5, 0.6) is 0 Å². The van der Waals surface area contributed by atoms with Crippen LogP contribution in [0, 0.1) is 5.92 Å². The molecule has 1 aromatic heterocycles. The van der Waals surface area contributed by atoms with Crippen molar-refractivity contribution >= 4 is 17.2 Å². The Balaban J connectivity index is 1.63. The lowest BCUT2D eigenvalue weighted by Gasteiger charge is -2.36. The van der Waals surface area contributed by atoms with Crippen molar-refractivity contribution in [2.24, 2.45) is 11.7 Å². The molecule has 116 valence electrons. The molecule has 1 saturated carbocycles. The normalized spacial score (nSPS) is 28.0. The maximum absolute atomic E-state index is 11.4. The number of rotatable bonds is 4. The Morgan fingerprint density at radius 3 is 2.86 bits per heavy atom. The molecule has 1 saturated heterocycles. The number of hydrogen-bond donors (Lipinski definition) is 1. The summed E-state index contributed by atoms with van der Waals surface area (Å²) in [6.07, 6.45) is 7.28. The van der Waals surface area contributed by atoms with Crippen molar-refractivity contribution in [1.29, 1.82) is 0 Å². The maximum atomic E-state index is 11.4. The van der Waals surface area contributed by atoms with Crippen molar-refractivity contribution < 1.29 is 4.79 Å². The van der Waals surface area contributed by atoms with Gasteiger partial charge in [0.1, 0.15) is 0 Å². The lowest BCUT2D eigenvalue weighted by molar-refractivity contribution is -0.124. The molecule has 3 rings (SSSR count). The van der Waals surface area contributed by atoms with Crippen LogP contribution in [0.4, 0.5) is 0 Å². The zero-order valence-electron chi connectivity index (χ0n) is 12.8. The van der Waals surface area contributed by atoms with Crippen LogP contribution in [-0.2, 0) is 11.3 Å². The summed E-state index contributed by atoms with van der Waals surface area (Å²) in [5, 5.41) is 3.52. The number of carbonyl (C=O) groups is 1. The summed E-state index contributed by atoms with van der Waals surface area (Å²) in [7, 11) is 0. The number of hydrogen-bond acceptors (Lipinski definition) is 4. The summed E-state index contributed by atoms with van der Waals surface area (Å²) in [4.78, 5) is 18.6. The van der Waals surface area contributed by atoms with Gasteiger partial charge in [0.15, 0.2) is 0 Å². The Morgan fingerprint density at radius 1 is 1.38 bits per heavy atom. The summed E-state index contributed by atoms with van der Waals surface area (Å²) >= 11 is 1.81. The molecule has 2 atom stereocenters. The lowest BCUT2D eigenvalue weighted by Crippen LogP contribution is -2.45. The Labute approximate surface area is 130 Å². The summed E-state index contributed by atoms with van der Waals surface area (Å²) in [5.74, 6) is 0.548. The van der Waals surface area contributed by atoms with Crippen molar-refractivity contribution in [1.82, 2.24) is 9.88 Å². The monoisotopic (exact) mass is 307 g/mol. The molecule has 0 radical (unpaired) electrons. The molecular formula is C16H25N3OS. The van der Waals surface area contributed by atoms with E-state index >= 15 is 0 Å². The fraction of sp³-hybridized carbons (Fsp3) is 0.750. The van der Waals surface area contributed by atoms with Crippen molar-refractivity contribution in [3.8, 4) is 0 Å². The molecule has 1 aliphatic heterocycles. The Bertz CT molecular complexity index is 495. The number of piperidine rings is 1. The number of thiazole rings is 1. The minimum atomic E-state index is -0.156. The average Bonchev–Trinajstić information content (AvgIpc) is 3.11. The van der Waals surface area contributed by atoms with Crippen LogP contribution < -0.4 is 5.73 Å². The summed E-state index contributed by atoms with van der Waals surface area (Å²) in [5.41, 5.74) is 6.64. The first kappa shape index (κ1) is 15.0. The number of amides is 1. The third-order valence-electron chi connectivity index (χ3n) is 5.05. The van der Waals surface area contributed by atoms with Crippen molar-refractivity contribution in [2.75, 3.05) is 6.54 Å². The van der Waals surface area contributed by atoms with Gasteiger partial charge in [-0.15, -0.1) is 11.3 Å². The van der Waals surface area contributed by atoms with Gasteiger partial charge >= 0.3 is 0 Å². The fourth-order valence-electron chi connectivity index (χ4n) is 3.60. The van der Waals surface area contributed by atoms with Gasteiger partial charge in [-0.1, -0.05) is 12.8 Å². The molecule has 0 bridgehead atoms. The molecule has 1 aliphatic carbocycles. The molecule has 0 spiro atoms. The smallest absolute Gasteiger partial charge is 0.221 e. The van der Waals surface area contributed by atoms with Gasteiger partial charge in [0, 0.05) is 30.4 Å². The highest BCUT2D eigenvalue weighted by molar-refractivity contribution is 7.09. The van der Waals surface area contributed by atoms with Crippen LogP contribution in [0.15, 0.2) is 5.38 Å². The average molecular weight is 307 g/mol. The first-order valence-electron chi connectivity index (χ1n) is 8.11. The van der Waals surface area contributed by atoms with E-state index in [2.05, 4.69) is 17.2 Å². The second kappa shape index (κ2) is 6.44. The van der Waals surface area contributed by atoms with Gasteiger partial charge in [0.05, 0.1) is 16.6 Å². The first-order chi connectivity index (χ1) is 10.1. The van der Waals surface area contributed by atoms with Crippen LogP contribution in [0.25, 0.3) is 0 Å². The second-order valence-electron chi connectivity index (χ2n) is 6.61. The number of aromatic nitrogens is 1. The van der Waals surface area contributed by atoms with Gasteiger partial charge in [-0.3, -0.25) is 9.69 Å².